The average molecular weight is 1510 g/mol. The Morgan fingerprint density at radius 3 is 0.689 bits per heavy atom. The van der Waals surface area contributed by atoms with E-state index in [1.54, 1.807) is 0 Å². The van der Waals surface area contributed by atoms with Gasteiger partial charge in [0.15, 0.2) is 12.2 Å². The lowest BCUT2D eigenvalue weighted by atomic mass is 9.99. The normalized spacial score (nSPS) is 14.4. The Hall–Kier alpha value is -1.94. The summed E-state index contributed by atoms with van der Waals surface area (Å²) in [5.41, 5.74) is 0. The highest BCUT2D eigenvalue weighted by Gasteiger charge is 2.30. The Morgan fingerprint density at radius 1 is 0.272 bits per heavy atom. The van der Waals surface area contributed by atoms with Crippen molar-refractivity contribution in [3.63, 3.8) is 0 Å². The van der Waals surface area contributed by atoms with Crippen molar-refractivity contribution in [3.8, 4) is 0 Å². The van der Waals surface area contributed by atoms with Crippen LogP contribution in [-0.2, 0) is 65.4 Å². The minimum Gasteiger partial charge on any atom is -0.462 e. The van der Waals surface area contributed by atoms with Crippen LogP contribution in [0.15, 0.2) is 0 Å². The molecule has 0 aromatic carbocycles. The molecule has 0 rings (SSSR count). The van der Waals surface area contributed by atoms with Gasteiger partial charge in [-0.05, 0) is 37.5 Å². The third-order valence-electron chi connectivity index (χ3n) is 20.4. The molecule has 0 saturated heterocycles. The highest BCUT2D eigenvalue weighted by molar-refractivity contribution is 7.47. The van der Waals surface area contributed by atoms with Crippen LogP contribution in [-0.4, -0.2) is 96.7 Å². The Bertz CT molecular complexity index is 1980. The predicted molar refractivity (Wildman–Crippen MR) is 423 cm³/mol. The summed E-state index contributed by atoms with van der Waals surface area (Å²) in [4.78, 5) is 73.1. The van der Waals surface area contributed by atoms with Crippen LogP contribution in [0.25, 0.3) is 0 Å². The number of rotatable bonds is 83. The van der Waals surface area contributed by atoms with Crippen LogP contribution in [0, 0.1) is 11.8 Å². The Balaban J connectivity index is 5.24. The summed E-state index contributed by atoms with van der Waals surface area (Å²) >= 11 is 0. The van der Waals surface area contributed by atoms with E-state index in [-0.39, 0.29) is 25.7 Å². The van der Waals surface area contributed by atoms with Crippen molar-refractivity contribution < 1.29 is 80.2 Å². The highest BCUT2D eigenvalue weighted by Crippen LogP contribution is 2.45. The lowest BCUT2D eigenvalue weighted by molar-refractivity contribution is -0.161. The van der Waals surface area contributed by atoms with Crippen LogP contribution < -0.4 is 0 Å². The molecule has 19 heteroatoms. The predicted octanol–water partition coefficient (Wildman–Crippen LogP) is 25.5. The van der Waals surface area contributed by atoms with E-state index in [0.29, 0.717) is 25.7 Å². The van der Waals surface area contributed by atoms with Crippen molar-refractivity contribution in [1.29, 1.82) is 0 Å². The fraction of sp³-hybridized carbons (Fsp3) is 0.952. The first kappa shape index (κ1) is 101. The second-order valence-corrected chi connectivity index (χ2v) is 33.6. The van der Waals surface area contributed by atoms with Gasteiger partial charge in [0.1, 0.15) is 19.3 Å². The molecule has 0 aromatic heterocycles. The molecule has 0 bridgehead atoms. The van der Waals surface area contributed by atoms with Gasteiger partial charge in [-0.1, -0.05) is 395 Å². The van der Waals surface area contributed by atoms with Gasteiger partial charge in [0.2, 0.25) is 0 Å². The van der Waals surface area contributed by atoms with E-state index in [9.17, 15) is 43.2 Å². The van der Waals surface area contributed by atoms with E-state index in [1.807, 2.05) is 0 Å². The lowest BCUT2D eigenvalue weighted by Gasteiger charge is -2.21. The topological polar surface area (TPSA) is 237 Å². The van der Waals surface area contributed by atoms with Gasteiger partial charge in [-0.2, -0.15) is 0 Å². The molecular weight excluding hydrogens is 1340 g/mol. The van der Waals surface area contributed by atoms with Gasteiger partial charge >= 0.3 is 39.5 Å². The molecular formula is C84H164O17P2. The van der Waals surface area contributed by atoms with Gasteiger partial charge in [-0.3, -0.25) is 37.3 Å². The summed E-state index contributed by atoms with van der Waals surface area (Å²) in [5, 5.41) is 10.7. The Morgan fingerprint density at radius 2 is 0.466 bits per heavy atom. The van der Waals surface area contributed by atoms with E-state index in [1.165, 1.54) is 257 Å². The summed E-state index contributed by atoms with van der Waals surface area (Å²) in [5.74, 6) is -0.524. The number of aliphatic hydroxyl groups excluding tert-OH is 1. The minimum absolute atomic E-state index is 0.107. The first-order valence-corrected chi connectivity index (χ1v) is 46.6. The number of ether oxygens (including phenoxy) is 4. The standard InChI is InChI=1S/C84H164O17P2/c1-7-11-13-15-17-19-21-23-25-26-27-28-29-31-37-41-45-49-57-63-68-83(88)100-79(72-94-81(86)66-60-54-47-43-39-35-33-32-34-38-42-46-52-58-64-76(5)9-3)74-98-102(90,91)96-70-78(85)71-97-103(92,93)99-75-80(73-95-82(87)67-61-55-51-50-53-59-65-77(6)10-4)101-84(89)69-62-56-48-44-40-36-30-24-22-20-18-16-14-12-8-2/h76-80,85H,7-75H2,1-6H3,(H,90,91)(H,92,93)/t76?,77?,78-,79-,80-/m1/s1. The molecule has 612 valence electrons. The van der Waals surface area contributed by atoms with Crippen molar-refractivity contribution in [2.75, 3.05) is 39.6 Å². The number of aliphatic hydroxyl groups is 1. The molecule has 0 aliphatic rings. The van der Waals surface area contributed by atoms with Crippen molar-refractivity contribution in [3.05, 3.63) is 0 Å². The Kier molecular flexibility index (Phi) is 74.1. The summed E-state index contributed by atoms with van der Waals surface area (Å²) in [6.07, 6.45) is 66.6. The second-order valence-electron chi connectivity index (χ2n) is 30.7. The second kappa shape index (κ2) is 75.5. The molecule has 103 heavy (non-hydrogen) atoms. The first-order valence-electron chi connectivity index (χ1n) is 43.6. The maximum Gasteiger partial charge on any atom is 0.472 e. The largest absolute Gasteiger partial charge is 0.472 e. The van der Waals surface area contributed by atoms with Gasteiger partial charge in [0.25, 0.3) is 0 Å². The van der Waals surface area contributed by atoms with Crippen molar-refractivity contribution in [2.45, 2.75) is 464 Å². The maximum atomic E-state index is 13.1. The average Bonchev–Trinajstić information content (AvgIpc) is 0.923. The van der Waals surface area contributed by atoms with Crippen LogP contribution in [0.5, 0.6) is 0 Å². The van der Waals surface area contributed by atoms with E-state index in [0.717, 1.165) is 108 Å². The number of unbranched alkanes of at least 4 members (excludes halogenated alkanes) is 51. The fourth-order valence-electron chi connectivity index (χ4n) is 13.0. The minimum atomic E-state index is -4.96. The van der Waals surface area contributed by atoms with Crippen LogP contribution in [0.3, 0.4) is 0 Å². The molecule has 7 atom stereocenters. The monoisotopic (exact) mass is 1510 g/mol. The zero-order chi connectivity index (χ0) is 75.6. The molecule has 0 spiro atoms. The molecule has 17 nitrogen and oxygen atoms in total. The zero-order valence-electron chi connectivity index (χ0n) is 67.6. The quantitative estimate of drug-likeness (QED) is 0.0222. The fourth-order valence-corrected chi connectivity index (χ4v) is 14.6. The molecule has 0 heterocycles. The highest BCUT2D eigenvalue weighted by atomic mass is 31.2. The van der Waals surface area contributed by atoms with Crippen LogP contribution >= 0.6 is 15.6 Å². The van der Waals surface area contributed by atoms with Crippen molar-refractivity contribution in [2.24, 2.45) is 11.8 Å². The summed E-state index contributed by atoms with van der Waals surface area (Å²) < 4.78 is 68.8. The number of esters is 4. The number of carbonyl (C=O) groups excluding carboxylic acids is 4. The third kappa shape index (κ3) is 75.3. The number of phosphoric acid groups is 2. The smallest absolute Gasteiger partial charge is 0.462 e. The number of phosphoric ester groups is 2. The van der Waals surface area contributed by atoms with Gasteiger partial charge in [-0.15, -0.1) is 0 Å². The SMILES string of the molecule is CCCCCCCCCCCCCCCCCCCCCCC(=O)O[C@H](COC(=O)CCCCCCCCCCCCCCCCC(C)CC)COP(=O)(O)OC[C@@H](O)COP(=O)(O)OC[C@@H](COC(=O)CCCCCCCCC(C)CC)OC(=O)CCCCCCCCCCCCCCCCC. The lowest BCUT2D eigenvalue weighted by Crippen LogP contribution is -2.30. The van der Waals surface area contributed by atoms with E-state index in [2.05, 4.69) is 41.5 Å². The zero-order valence-corrected chi connectivity index (χ0v) is 69.4. The van der Waals surface area contributed by atoms with Gasteiger partial charge in [0.05, 0.1) is 26.4 Å². The molecule has 0 aliphatic carbocycles. The Labute approximate surface area is 632 Å². The third-order valence-corrected chi connectivity index (χ3v) is 22.3. The molecule has 0 amide bonds. The van der Waals surface area contributed by atoms with Crippen LogP contribution in [0.1, 0.15) is 446 Å². The van der Waals surface area contributed by atoms with E-state index < -0.39 is 97.5 Å². The molecule has 0 radical (unpaired) electrons. The number of hydrogen-bond acceptors (Lipinski definition) is 15. The summed E-state index contributed by atoms with van der Waals surface area (Å²) in [6, 6.07) is 0. The molecule has 0 aliphatic heterocycles. The molecule has 0 aromatic rings. The number of hydrogen-bond donors (Lipinski definition) is 3. The van der Waals surface area contributed by atoms with Crippen molar-refractivity contribution in [1.82, 2.24) is 0 Å². The van der Waals surface area contributed by atoms with Gasteiger partial charge < -0.3 is 33.8 Å². The summed E-state index contributed by atoms with van der Waals surface area (Å²) in [7, 11) is -9.92. The van der Waals surface area contributed by atoms with Crippen LogP contribution in [0.4, 0.5) is 0 Å². The maximum absolute atomic E-state index is 13.1. The van der Waals surface area contributed by atoms with Crippen molar-refractivity contribution >= 4 is 39.5 Å². The molecule has 3 N–H and O–H groups in total. The van der Waals surface area contributed by atoms with E-state index >= 15 is 0 Å². The van der Waals surface area contributed by atoms with E-state index in [4.69, 9.17) is 37.0 Å². The van der Waals surface area contributed by atoms with Gasteiger partial charge in [-0.25, -0.2) is 9.13 Å². The van der Waals surface area contributed by atoms with Gasteiger partial charge in [0, 0.05) is 25.7 Å². The summed E-state index contributed by atoms with van der Waals surface area (Å²) in [6.45, 7) is 9.68. The first-order chi connectivity index (χ1) is 49.9. The molecule has 0 saturated carbocycles. The number of carbonyl (C=O) groups is 4. The van der Waals surface area contributed by atoms with Crippen LogP contribution in [0.2, 0.25) is 0 Å². The molecule has 4 unspecified atom stereocenters. The molecule has 0 fully saturated rings.